The van der Waals surface area contributed by atoms with Gasteiger partial charge in [-0.1, -0.05) is 31.1 Å². The van der Waals surface area contributed by atoms with E-state index in [2.05, 4.69) is 15.8 Å². The lowest BCUT2D eigenvalue weighted by molar-refractivity contribution is -0.123. The van der Waals surface area contributed by atoms with E-state index in [1.54, 1.807) is 12.3 Å². The molecule has 1 heterocycles. The zero-order chi connectivity index (χ0) is 17.5. The Hall–Kier alpha value is -2.70. The molecule has 1 aromatic heterocycles. The van der Waals surface area contributed by atoms with Gasteiger partial charge >= 0.3 is 0 Å². The van der Waals surface area contributed by atoms with Crippen molar-refractivity contribution in [3.8, 4) is 0 Å². The van der Waals surface area contributed by atoms with Gasteiger partial charge in [0.1, 0.15) is 18.1 Å². The first-order valence-corrected chi connectivity index (χ1v) is 7.70. The highest BCUT2D eigenvalue weighted by Gasteiger charge is 2.25. The molecule has 0 unspecified atom stereocenters. The largest absolute Gasteiger partial charge is 0.364 e. The molecule has 7 heteroatoms. The summed E-state index contributed by atoms with van der Waals surface area (Å²) < 4.78 is 18.4. The van der Waals surface area contributed by atoms with Gasteiger partial charge in [0.25, 0.3) is 5.91 Å². The van der Waals surface area contributed by atoms with Gasteiger partial charge in [-0.05, 0) is 24.5 Å². The molecule has 0 fully saturated rings. The zero-order valence-electron chi connectivity index (χ0n) is 13.6. The summed E-state index contributed by atoms with van der Waals surface area (Å²) in [5.41, 5.74) is 0.784. The highest BCUT2D eigenvalue weighted by molar-refractivity contribution is 5.97. The first kappa shape index (κ1) is 17.7. The number of rotatable bonds is 7. The molecular formula is C17H20FN3O3. The van der Waals surface area contributed by atoms with Crippen molar-refractivity contribution in [1.29, 1.82) is 0 Å². The van der Waals surface area contributed by atoms with Crippen LogP contribution in [0.15, 0.2) is 41.2 Å². The Morgan fingerprint density at radius 2 is 2.04 bits per heavy atom. The van der Waals surface area contributed by atoms with Crippen molar-refractivity contribution in [1.82, 2.24) is 15.8 Å². The summed E-state index contributed by atoms with van der Waals surface area (Å²) in [4.78, 5) is 24.5. The van der Waals surface area contributed by atoms with Gasteiger partial charge in [-0.3, -0.25) is 9.59 Å². The van der Waals surface area contributed by atoms with Crippen molar-refractivity contribution in [3.05, 3.63) is 53.7 Å². The van der Waals surface area contributed by atoms with E-state index in [-0.39, 0.29) is 17.4 Å². The van der Waals surface area contributed by atoms with E-state index in [1.807, 2.05) is 13.8 Å². The molecule has 0 radical (unpaired) electrons. The number of halogens is 1. The van der Waals surface area contributed by atoms with Gasteiger partial charge in [0.15, 0.2) is 0 Å². The maximum absolute atomic E-state index is 13.7. The van der Waals surface area contributed by atoms with Gasteiger partial charge < -0.3 is 15.2 Å². The van der Waals surface area contributed by atoms with Crippen LogP contribution >= 0.6 is 0 Å². The molecule has 0 bridgehead atoms. The van der Waals surface area contributed by atoms with Crippen LogP contribution in [0.2, 0.25) is 0 Å². The van der Waals surface area contributed by atoms with E-state index in [0.717, 1.165) is 5.56 Å². The van der Waals surface area contributed by atoms with E-state index >= 15 is 0 Å². The quantitative estimate of drug-likeness (QED) is 0.811. The predicted molar refractivity (Wildman–Crippen MR) is 85.7 cm³/mol. The Balaban J connectivity index is 1.94. The van der Waals surface area contributed by atoms with Gasteiger partial charge in [-0.2, -0.15) is 0 Å². The van der Waals surface area contributed by atoms with Crippen LogP contribution in [0.1, 0.15) is 29.8 Å². The predicted octanol–water partition coefficient (Wildman–Crippen LogP) is 1.93. The third-order valence-electron chi connectivity index (χ3n) is 3.55. The van der Waals surface area contributed by atoms with Gasteiger partial charge in [-0.15, -0.1) is 0 Å². The Kier molecular flexibility index (Phi) is 6.06. The van der Waals surface area contributed by atoms with Crippen LogP contribution in [0, 0.1) is 11.7 Å². The van der Waals surface area contributed by atoms with Crippen LogP contribution in [0.25, 0.3) is 0 Å². The Labute approximate surface area is 139 Å². The van der Waals surface area contributed by atoms with Crippen LogP contribution in [0.4, 0.5) is 4.39 Å². The highest BCUT2D eigenvalue weighted by Crippen LogP contribution is 2.09. The van der Waals surface area contributed by atoms with E-state index in [9.17, 15) is 14.0 Å². The second kappa shape index (κ2) is 8.24. The van der Waals surface area contributed by atoms with Crippen molar-refractivity contribution < 1.29 is 18.5 Å². The van der Waals surface area contributed by atoms with Crippen molar-refractivity contribution >= 4 is 11.8 Å². The fourth-order valence-electron chi connectivity index (χ4n) is 2.19. The molecule has 0 saturated carbocycles. The lowest BCUT2D eigenvalue weighted by Gasteiger charge is -2.21. The fourth-order valence-corrected chi connectivity index (χ4v) is 2.19. The minimum absolute atomic E-state index is 0.0829. The van der Waals surface area contributed by atoms with Gasteiger partial charge in [0, 0.05) is 12.1 Å². The number of hydrogen-bond acceptors (Lipinski definition) is 4. The third kappa shape index (κ3) is 4.65. The number of carbonyl (C=O) groups excluding carboxylic acids is 2. The van der Waals surface area contributed by atoms with Gasteiger partial charge in [-0.25, -0.2) is 4.39 Å². The van der Waals surface area contributed by atoms with Gasteiger partial charge in [0.05, 0.1) is 11.8 Å². The molecule has 2 N–H and O–H groups in total. The molecule has 6 nitrogen and oxygen atoms in total. The summed E-state index contributed by atoms with van der Waals surface area (Å²) in [5.74, 6) is -1.69. The first-order chi connectivity index (χ1) is 11.5. The maximum atomic E-state index is 13.7. The highest BCUT2D eigenvalue weighted by atomic mass is 19.1. The lowest BCUT2D eigenvalue weighted by Crippen LogP contribution is -2.50. The van der Waals surface area contributed by atoms with E-state index in [1.165, 1.54) is 24.5 Å². The molecule has 2 amide bonds. The van der Waals surface area contributed by atoms with E-state index in [4.69, 9.17) is 4.52 Å². The molecule has 0 spiro atoms. The second-order valence-corrected chi connectivity index (χ2v) is 5.75. The molecule has 128 valence electrons. The molecular weight excluding hydrogens is 313 g/mol. The molecule has 0 saturated heterocycles. The van der Waals surface area contributed by atoms with Crippen molar-refractivity contribution in [2.75, 3.05) is 6.54 Å². The molecule has 1 atom stereocenters. The van der Waals surface area contributed by atoms with Gasteiger partial charge in [0.2, 0.25) is 5.91 Å². The van der Waals surface area contributed by atoms with E-state index < -0.39 is 17.8 Å². The molecule has 0 aliphatic rings. The SMILES string of the molecule is CC(C)[C@@H](NC(=O)c1ccccc1F)C(=O)NCCc1cnoc1. The molecule has 2 rings (SSSR count). The number of nitrogens with zero attached hydrogens (tertiary/aromatic N) is 1. The topological polar surface area (TPSA) is 84.2 Å². The average Bonchev–Trinajstić information content (AvgIpc) is 3.05. The number of amides is 2. The first-order valence-electron chi connectivity index (χ1n) is 7.70. The Morgan fingerprint density at radius 1 is 1.29 bits per heavy atom. The Morgan fingerprint density at radius 3 is 2.67 bits per heavy atom. The normalized spacial score (nSPS) is 12.0. The molecule has 0 aliphatic carbocycles. The monoisotopic (exact) mass is 333 g/mol. The van der Waals surface area contributed by atoms with Crippen LogP contribution < -0.4 is 10.6 Å². The fraction of sp³-hybridized carbons (Fsp3) is 0.353. The van der Waals surface area contributed by atoms with Crippen molar-refractivity contribution in [3.63, 3.8) is 0 Å². The molecule has 0 aliphatic heterocycles. The zero-order valence-corrected chi connectivity index (χ0v) is 13.6. The van der Waals surface area contributed by atoms with Crippen LogP contribution in [0.3, 0.4) is 0 Å². The van der Waals surface area contributed by atoms with Crippen molar-refractivity contribution in [2.24, 2.45) is 5.92 Å². The minimum Gasteiger partial charge on any atom is -0.364 e. The summed E-state index contributed by atoms with van der Waals surface area (Å²) in [6, 6.07) is 4.91. The summed E-state index contributed by atoms with van der Waals surface area (Å²) in [6.45, 7) is 4.01. The molecule has 2 aromatic rings. The van der Waals surface area contributed by atoms with Crippen LogP contribution in [0.5, 0.6) is 0 Å². The minimum atomic E-state index is -0.750. The van der Waals surface area contributed by atoms with Crippen LogP contribution in [-0.2, 0) is 11.2 Å². The van der Waals surface area contributed by atoms with Crippen LogP contribution in [-0.4, -0.2) is 29.6 Å². The number of aromatic nitrogens is 1. The van der Waals surface area contributed by atoms with E-state index in [0.29, 0.717) is 13.0 Å². The smallest absolute Gasteiger partial charge is 0.254 e. The summed E-state index contributed by atoms with van der Waals surface area (Å²) in [7, 11) is 0. The number of benzene rings is 1. The average molecular weight is 333 g/mol. The van der Waals surface area contributed by atoms with Crippen molar-refractivity contribution in [2.45, 2.75) is 26.3 Å². The second-order valence-electron chi connectivity index (χ2n) is 5.75. The Bertz CT molecular complexity index is 686. The molecule has 1 aromatic carbocycles. The number of carbonyl (C=O) groups is 2. The number of nitrogens with one attached hydrogen (secondary N) is 2. The summed E-state index contributed by atoms with van der Waals surface area (Å²) in [6.07, 6.45) is 3.65. The summed E-state index contributed by atoms with van der Waals surface area (Å²) in [5, 5.41) is 8.94. The maximum Gasteiger partial charge on any atom is 0.254 e. The number of hydrogen-bond donors (Lipinski definition) is 2. The third-order valence-corrected chi connectivity index (χ3v) is 3.55. The summed E-state index contributed by atoms with van der Waals surface area (Å²) >= 11 is 0. The molecule has 24 heavy (non-hydrogen) atoms. The lowest BCUT2D eigenvalue weighted by atomic mass is 10.0. The standard InChI is InChI=1S/C17H20FN3O3/c1-11(2)15(17(23)19-8-7-12-9-20-24-10-12)21-16(22)13-5-3-4-6-14(13)18/h3-6,9-11,15H,7-8H2,1-2H3,(H,19,23)(H,21,22)/t15-/m1/s1.